The fourth-order valence-electron chi connectivity index (χ4n) is 2.57. The summed E-state index contributed by atoms with van der Waals surface area (Å²) in [5, 5.41) is 17.4. The molecular weight excluding hydrogens is 284 g/mol. The minimum Gasteiger partial charge on any atom is -0.240 e. The minimum atomic E-state index is 0.509. The summed E-state index contributed by atoms with van der Waals surface area (Å²) in [7, 11) is 0. The largest absolute Gasteiger partial charge is 0.240 e. The molecule has 2 aromatic carbocycles. The van der Waals surface area contributed by atoms with Crippen LogP contribution in [0.15, 0.2) is 54.7 Å². The van der Waals surface area contributed by atoms with Gasteiger partial charge in [0, 0.05) is 5.56 Å². The van der Waals surface area contributed by atoms with Crippen LogP contribution in [0.5, 0.6) is 0 Å². The predicted octanol–water partition coefficient (Wildman–Crippen LogP) is 3.99. The molecule has 0 atom stereocenters. The molecule has 0 aliphatic carbocycles. The van der Waals surface area contributed by atoms with Crippen LogP contribution in [0.3, 0.4) is 0 Å². The van der Waals surface area contributed by atoms with E-state index in [0.29, 0.717) is 18.0 Å². The smallest absolute Gasteiger partial charge is 0.0995 e. The van der Waals surface area contributed by atoms with E-state index in [4.69, 9.17) is 0 Å². The van der Waals surface area contributed by atoms with Crippen LogP contribution >= 0.6 is 0 Å². The molecule has 3 rings (SSSR count). The van der Waals surface area contributed by atoms with E-state index in [-0.39, 0.29) is 0 Å². The number of nitriles is 1. The molecule has 0 aliphatic rings. The first-order valence-electron chi connectivity index (χ1n) is 7.66. The van der Waals surface area contributed by atoms with Crippen molar-refractivity contribution in [1.29, 1.82) is 5.26 Å². The van der Waals surface area contributed by atoms with Gasteiger partial charge in [-0.05, 0) is 23.1 Å². The van der Waals surface area contributed by atoms with Crippen LogP contribution in [0.4, 0.5) is 0 Å². The van der Waals surface area contributed by atoms with E-state index in [1.54, 1.807) is 6.20 Å². The summed E-state index contributed by atoms with van der Waals surface area (Å²) in [6.07, 6.45) is 1.76. The second kappa shape index (κ2) is 6.45. The average molecular weight is 302 g/mol. The van der Waals surface area contributed by atoms with Crippen LogP contribution in [0.1, 0.15) is 36.5 Å². The van der Waals surface area contributed by atoms with Crippen molar-refractivity contribution in [1.82, 2.24) is 15.0 Å². The number of nitrogens with zero attached hydrogens (tertiary/aromatic N) is 4. The molecule has 4 heteroatoms. The van der Waals surface area contributed by atoms with Gasteiger partial charge in [0.25, 0.3) is 0 Å². The Bertz CT molecular complexity index is 838. The second-order valence-electron chi connectivity index (χ2n) is 5.82. The summed E-state index contributed by atoms with van der Waals surface area (Å²) in [6, 6.07) is 18.3. The lowest BCUT2D eigenvalue weighted by Gasteiger charge is -2.09. The summed E-state index contributed by atoms with van der Waals surface area (Å²) in [6.45, 7) is 4.89. The third-order valence-electron chi connectivity index (χ3n) is 3.95. The number of aromatic nitrogens is 3. The highest BCUT2D eigenvalue weighted by Gasteiger charge is 2.10. The molecule has 4 nitrogen and oxygen atoms in total. The molecule has 0 unspecified atom stereocenters. The molecule has 1 heterocycles. The standard InChI is InChI=1S/C19H18N4/c1-14(2)15-7-9-16(10-8-15)19-12-21-22-23(19)13-18-6-4-3-5-17(18)11-20/h3-10,12,14H,13H2,1-2H3. The Hall–Kier alpha value is -2.93. The predicted molar refractivity (Wildman–Crippen MR) is 89.8 cm³/mol. The Morgan fingerprint density at radius 1 is 1.09 bits per heavy atom. The minimum absolute atomic E-state index is 0.509. The van der Waals surface area contributed by atoms with Crippen molar-refractivity contribution in [3.63, 3.8) is 0 Å². The van der Waals surface area contributed by atoms with E-state index >= 15 is 0 Å². The Balaban J connectivity index is 1.92. The van der Waals surface area contributed by atoms with E-state index < -0.39 is 0 Å². The third-order valence-corrected chi connectivity index (χ3v) is 3.95. The van der Waals surface area contributed by atoms with Gasteiger partial charge >= 0.3 is 0 Å². The molecule has 0 aliphatic heterocycles. The zero-order valence-electron chi connectivity index (χ0n) is 13.3. The molecule has 0 amide bonds. The molecule has 0 fully saturated rings. The Labute approximate surface area is 136 Å². The van der Waals surface area contributed by atoms with Crippen LogP contribution in [0, 0.1) is 11.3 Å². The Morgan fingerprint density at radius 3 is 2.52 bits per heavy atom. The number of hydrogen-bond acceptors (Lipinski definition) is 3. The molecule has 3 aromatic rings. The summed E-state index contributed by atoms with van der Waals surface area (Å²) in [5.41, 5.74) is 4.95. The van der Waals surface area contributed by atoms with Crippen LogP contribution < -0.4 is 0 Å². The van der Waals surface area contributed by atoms with Gasteiger partial charge < -0.3 is 0 Å². The molecule has 0 N–H and O–H groups in total. The van der Waals surface area contributed by atoms with Crippen LogP contribution in [-0.2, 0) is 6.54 Å². The highest BCUT2D eigenvalue weighted by atomic mass is 15.4. The van der Waals surface area contributed by atoms with Crippen molar-refractivity contribution in [3.8, 4) is 17.3 Å². The Kier molecular flexibility index (Phi) is 4.20. The normalized spacial score (nSPS) is 10.7. The van der Waals surface area contributed by atoms with Gasteiger partial charge in [0.2, 0.25) is 0 Å². The first kappa shape index (κ1) is 15.0. The first-order valence-corrected chi connectivity index (χ1v) is 7.66. The van der Waals surface area contributed by atoms with Crippen molar-refractivity contribution in [3.05, 3.63) is 71.4 Å². The van der Waals surface area contributed by atoms with E-state index in [2.05, 4.69) is 54.5 Å². The van der Waals surface area contributed by atoms with Crippen LogP contribution in [-0.4, -0.2) is 15.0 Å². The topological polar surface area (TPSA) is 54.5 Å². The molecule has 0 saturated carbocycles. The summed E-state index contributed by atoms with van der Waals surface area (Å²) >= 11 is 0. The Morgan fingerprint density at radius 2 is 1.83 bits per heavy atom. The molecule has 0 bridgehead atoms. The van der Waals surface area contributed by atoms with Gasteiger partial charge in [-0.1, -0.05) is 61.5 Å². The number of hydrogen-bond donors (Lipinski definition) is 0. The van der Waals surface area contributed by atoms with Gasteiger partial charge in [0.05, 0.1) is 30.1 Å². The van der Waals surface area contributed by atoms with Gasteiger partial charge in [0.15, 0.2) is 0 Å². The van der Waals surface area contributed by atoms with Crippen molar-refractivity contribution in [2.45, 2.75) is 26.3 Å². The molecule has 23 heavy (non-hydrogen) atoms. The van der Waals surface area contributed by atoms with E-state index in [9.17, 15) is 5.26 Å². The van der Waals surface area contributed by atoms with E-state index in [1.807, 2.05) is 28.9 Å². The maximum absolute atomic E-state index is 9.22. The lowest BCUT2D eigenvalue weighted by Crippen LogP contribution is -2.05. The number of rotatable bonds is 4. The SMILES string of the molecule is CC(C)c1ccc(-c2cnnn2Cc2ccccc2C#N)cc1. The first-order chi connectivity index (χ1) is 11.2. The van der Waals surface area contributed by atoms with Gasteiger partial charge in [-0.3, -0.25) is 0 Å². The summed E-state index contributed by atoms with van der Waals surface area (Å²) < 4.78 is 1.83. The third kappa shape index (κ3) is 3.14. The lowest BCUT2D eigenvalue weighted by atomic mass is 10.0. The highest BCUT2D eigenvalue weighted by Crippen LogP contribution is 2.23. The van der Waals surface area contributed by atoms with Gasteiger partial charge in [-0.25, -0.2) is 4.68 Å². The van der Waals surface area contributed by atoms with Crippen LogP contribution in [0.25, 0.3) is 11.3 Å². The lowest BCUT2D eigenvalue weighted by molar-refractivity contribution is 0.654. The van der Waals surface area contributed by atoms with E-state index in [0.717, 1.165) is 16.8 Å². The molecule has 114 valence electrons. The molecule has 0 spiro atoms. The van der Waals surface area contributed by atoms with Crippen LogP contribution in [0.2, 0.25) is 0 Å². The van der Waals surface area contributed by atoms with Gasteiger partial charge in [0.1, 0.15) is 0 Å². The summed E-state index contributed by atoms with van der Waals surface area (Å²) in [4.78, 5) is 0. The molecular formula is C19H18N4. The molecule has 1 aromatic heterocycles. The fraction of sp³-hybridized carbons (Fsp3) is 0.211. The summed E-state index contributed by atoms with van der Waals surface area (Å²) in [5.74, 6) is 0.509. The van der Waals surface area contributed by atoms with Crippen molar-refractivity contribution in [2.24, 2.45) is 0 Å². The zero-order chi connectivity index (χ0) is 16.2. The van der Waals surface area contributed by atoms with E-state index in [1.165, 1.54) is 5.56 Å². The highest BCUT2D eigenvalue weighted by molar-refractivity contribution is 5.59. The second-order valence-corrected chi connectivity index (χ2v) is 5.82. The zero-order valence-corrected chi connectivity index (χ0v) is 13.3. The van der Waals surface area contributed by atoms with Crippen molar-refractivity contribution in [2.75, 3.05) is 0 Å². The molecule has 0 radical (unpaired) electrons. The van der Waals surface area contributed by atoms with Gasteiger partial charge in [-0.15, -0.1) is 5.10 Å². The fourth-order valence-corrected chi connectivity index (χ4v) is 2.57. The quantitative estimate of drug-likeness (QED) is 0.732. The maximum Gasteiger partial charge on any atom is 0.0995 e. The van der Waals surface area contributed by atoms with Gasteiger partial charge in [-0.2, -0.15) is 5.26 Å². The van der Waals surface area contributed by atoms with Crippen molar-refractivity contribution < 1.29 is 0 Å². The monoisotopic (exact) mass is 302 g/mol. The maximum atomic E-state index is 9.22. The number of benzene rings is 2. The average Bonchev–Trinajstić information content (AvgIpc) is 3.03. The molecule has 0 saturated heterocycles. The van der Waals surface area contributed by atoms with Crippen molar-refractivity contribution >= 4 is 0 Å².